The zero-order valence-corrected chi connectivity index (χ0v) is 16.3. The maximum absolute atomic E-state index is 5.83. The van der Waals surface area contributed by atoms with E-state index in [-0.39, 0.29) is 0 Å². The summed E-state index contributed by atoms with van der Waals surface area (Å²) in [5.74, 6) is 0. The first kappa shape index (κ1) is 19.3. The lowest BCUT2D eigenvalue weighted by Gasteiger charge is -2.28. The summed E-state index contributed by atoms with van der Waals surface area (Å²) in [6, 6.07) is 0. The van der Waals surface area contributed by atoms with Crippen molar-refractivity contribution >= 4 is 9.28 Å². The fourth-order valence-corrected chi connectivity index (χ4v) is 5.37. The van der Waals surface area contributed by atoms with Gasteiger partial charge >= 0.3 is 9.28 Å². The molecule has 2 heterocycles. The van der Waals surface area contributed by atoms with E-state index in [0.29, 0.717) is 17.7 Å². The molecule has 0 radical (unpaired) electrons. The number of hydrogen-bond donors (Lipinski definition) is 0. The van der Waals surface area contributed by atoms with E-state index in [0.717, 1.165) is 32.8 Å². The number of nitrogens with zero attached hydrogens (tertiary/aromatic N) is 1. The van der Waals surface area contributed by atoms with Crippen molar-refractivity contribution in [2.45, 2.75) is 63.2 Å². The predicted molar refractivity (Wildman–Crippen MR) is 94.2 cm³/mol. The third kappa shape index (κ3) is 6.80. The van der Waals surface area contributed by atoms with Crippen LogP contribution in [0.5, 0.6) is 0 Å². The van der Waals surface area contributed by atoms with Gasteiger partial charge in [0.25, 0.3) is 0 Å². The lowest BCUT2D eigenvalue weighted by molar-refractivity contribution is 0.0369. The minimum Gasteiger partial charge on any atom is -0.400 e. The Morgan fingerprint density at radius 2 is 1.61 bits per heavy atom. The van der Waals surface area contributed by atoms with Crippen molar-refractivity contribution in [3.05, 3.63) is 0 Å². The molecule has 0 aromatic carbocycles. The summed E-state index contributed by atoms with van der Waals surface area (Å²) in [6.07, 6.45) is 8.06. The average Bonchev–Trinajstić information content (AvgIpc) is 3.22. The van der Waals surface area contributed by atoms with Crippen molar-refractivity contribution in [3.8, 4) is 0 Å². The molecular formula is C17H35NO4Si. The van der Waals surface area contributed by atoms with Crippen LogP contribution in [0.1, 0.15) is 45.4 Å². The Labute approximate surface area is 143 Å². The Balaban J connectivity index is 1.73. The van der Waals surface area contributed by atoms with E-state index < -0.39 is 9.28 Å². The summed E-state index contributed by atoms with van der Waals surface area (Å²) >= 11 is 0. The van der Waals surface area contributed by atoms with Crippen LogP contribution in [0.25, 0.3) is 0 Å². The van der Waals surface area contributed by atoms with Crippen LogP contribution < -0.4 is 0 Å². The van der Waals surface area contributed by atoms with Crippen molar-refractivity contribution in [2.24, 2.45) is 0 Å². The molecule has 2 aliphatic heterocycles. The van der Waals surface area contributed by atoms with E-state index >= 15 is 0 Å². The van der Waals surface area contributed by atoms with Gasteiger partial charge in [-0.05, 0) is 50.6 Å². The SMILES string of the molecule is CO[SiH](OC)C(C)CCCN(CC1CCCO1)CC1CCCO1. The number of hydrogen-bond acceptors (Lipinski definition) is 5. The monoisotopic (exact) mass is 345 g/mol. The highest BCUT2D eigenvalue weighted by Crippen LogP contribution is 2.20. The van der Waals surface area contributed by atoms with Gasteiger partial charge in [0, 0.05) is 40.5 Å². The van der Waals surface area contributed by atoms with Gasteiger partial charge in [-0.25, -0.2) is 0 Å². The Bertz CT molecular complexity index is 287. The van der Waals surface area contributed by atoms with E-state index in [1.54, 1.807) is 14.2 Å². The fraction of sp³-hybridized carbons (Fsp3) is 1.00. The maximum atomic E-state index is 5.83. The third-order valence-electron chi connectivity index (χ3n) is 5.03. The molecule has 0 aromatic rings. The fourth-order valence-electron chi connectivity index (χ4n) is 3.74. The topological polar surface area (TPSA) is 40.2 Å². The van der Waals surface area contributed by atoms with Crippen LogP contribution in [0, 0.1) is 0 Å². The van der Waals surface area contributed by atoms with Gasteiger partial charge in [0.1, 0.15) is 0 Å². The van der Waals surface area contributed by atoms with Crippen LogP contribution in [0.15, 0.2) is 0 Å². The molecule has 6 heteroatoms. The summed E-state index contributed by atoms with van der Waals surface area (Å²) in [7, 11) is 2.07. The second kappa shape index (κ2) is 10.8. The molecule has 3 atom stereocenters. The minimum atomic E-state index is -1.48. The highest BCUT2D eigenvalue weighted by Gasteiger charge is 2.24. The maximum Gasteiger partial charge on any atom is 0.323 e. The Morgan fingerprint density at radius 3 is 2.04 bits per heavy atom. The highest BCUT2D eigenvalue weighted by molar-refractivity contribution is 6.46. The second-order valence-electron chi connectivity index (χ2n) is 6.99. The normalized spacial score (nSPS) is 26.5. The summed E-state index contributed by atoms with van der Waals surface area (Å²) in [4.78, 5) is 2.56. The standard InChI is InChI=1S/C17H35NO4Si/c1-15(23(19-2)20-3)7-4-10-18(13-16-8-5-11-21-16)14-17-9-6-12-22-17/h15-17,23H,4-14H2,1-3H3. The van der Waals surface area contributed by atoms with Crippen molar-refractivity contribution in [1.82, 2.24) is 4.90 Å². The molecule has 3 unspecified atom stereocenters. The summed E-state index contributed by atoms with van der Waals surface area (Å²) in [5.41, 5.74) is 0.553. The van der Waals surface area contributed by atoms with Gasteiger partial charge in [-0.1, -0.05) is 6.92 Å². The molecular weight excluding hydrogens is 310 g/mol. The van der Waals surface area contributed by atoms with Crippen LogP contribution >= 0.6 is 0 Å². The predicted octanol–water partition coefficient (Wildman–Crippen LogP) is 2.33. The smallest absolute Gasteiger partial charge is 0.323 e. The quantitative estimate of drug-likeness (QED) is 0.538. The van der Waals surface area contributed by atoms with Gasteiger partial charge in [-0.3, -0.25) is 4.90 Å². The van der Waals surface area contributed by atoms with Crippen LogP contribution in [0.3, 0.4) is 0 Å². The van der Waals surface area contributed by atoms with Gasteiger partial charge in [0.15, 0.2) is 0 Å². The van der Waals surface area contributed by atoms with Crippen LogP contribution in [0.2, 0.25) is 5.54 Å². The highest BCUT2D eigenvalue weighted by atomic mass is 28.3. The molecule has 0 aliphatic carbocycles. The minimum absolute atomic E-state index is 0.425. The molecule has 2 saturated heterocycles. The lowest BCUT2D eigenvalue weighted by atomic mass is 10.1. The molecule has 0 spiro atoms. The molecule has 0 saturated carbocycles. The van der Waals surface area contributed by atoms with Gasteiger partial charge < -0.3 is 18.3 Å². The summed E-state index contributed by atoms with van der Waals surface area (Å²) in [6.45, 7) is 7.37. The molecule has 0 aromatic heterocycles. The zero-order valence-electron chi connectivity index (χ0n) is 15.2. The Kier molecular flexibility index (Phi) is 9.08. The first-order chi connectivity index (χ1) is 11.2. The van der Waals surface area contributed by atoms with E-state index in [1.165, 1.54) is 38.5 Å². The molecule has 5 nitrogen and oxygen atoms in total. The molecule has 23 heavy (non-hydrogen) atoms. The number of ether oxygens (including phenoxy) is 2. The van der Waals surface area contributed by atoms with Crippen molar-refractivity contribution < 1.29 is 18.3 Å². The van der Waals surface area contributed by atoms with E-state index in [1.807, 2.05) is 0 Å². The van der Waals surface area contributed by atoms with Gasteiger partial charge in [-0.15, -0.1) is 0 Å². The largest absolute Gasteiger partial charge is 0.400 e. The van der Waals surface area contributed by atoms with E-state index in [4.69, 9.17) is 18.3 Å². The second-order valence-corrected chi connectivity index (χ2v) is 9.81. The van der Waals surface area contributed by atoms with Crippen LogP contribution in [0.4, 0.5) is 0 Å². The summed E-state index contributed by atoms with van der Waals surface area (Å²) < 4.78 is 22.7. The van der Waals surface area contributed by atoms with E-state index in [2.05, 4.69) is 11.8 Å². The Hall–Kier alpha value is 0.0169. The molecule has 136 valence electrons. The van der Waals surface area contributed by atoms with Gasteiger partial charge in [0.05, 0.1) is 12.2 Å². The first-order valence-electron chi connectivity index (χ1n) is 9.24. The van der Waals surface area contributed by atoms with Gasteiger partial charge in [0.2, 0.25) is 0 Å². The van der Waals surface area contributed by atoms with Crippen molar-refractivity contribution in [1.29, 1.82) is 0 Å². The van der Waals surface area contributed by atoms with Crippen molar-refractivity contribution in [3.63, 3.8) is 0 Å². The third-order valence-corrected chi connectivity index (χ3v) is 7.23. The first-order valence-corrected chi connectivity index (χ1v) is 10.8. The molecule has 2 fully saturated rings. The van der Waals surface area contributed by atoms with E-state index in [9.17, 15) is 0 Å². The molecule has 0 amide bonds. The van der Waals surface area contributed by atoms with Crippen molar-refractivity contribution in [2.75, 3.05) is 47.1 Å². The molecule has 2 aliphatic rings. The lowest BCUT2D eigenvalue weighted by Crippen LogP contribution is -2.38. The molecule has 2 rings (SSSR count). The average molecular weight is 346 g/mol. The zero-order chi connectivity index (χ0) is 16.5. The summed E-state index contributed by atoms with van der Waals surface area (Å²) in [5, 5.41) is 0. The molecule has 0 bridgehead atoms. The van der Waals surface area contributed by atoms with Gasteiger partial charge in [-0.2, -0.15) is 0 Å². The number of rotatable bonds is 11. The van der Waals surface area contributed by atoms with Crippen LogP contribution in [-0.2, 0) is 18.3 Å². The Morgan fingerprint density at radius 1 is 1.04 bits per heavy atom. The van der Waals surface area contributed by atoms with Crippen LogP contribution in [-0.4, -0.2) is 73.5 Å². The molecule has 0 N–H and O–H groups in total.